The number of carboxylic acid groups (broad SMARTS) is 1. The highest BCUT2D eigenvalue weighted by atomic mass is 16.7. The van der Waals surface area contributed by atoms with Crippen molar-refractivity contribution in [1.29, 1.82) is 0 Å². The van der Waals surface area contributed by atoms with Gasteiger partial charge in [-0.05, 0) is 29.7 Å². The molecule has 30 heavy (non-hydrogen) atoms. The second-order valence-electron chi connectivity index (χ2n) is 6.57. The van der Waals surface area contributed by atoms with E-state index < -0.39 is 30.2 Å². The van der Waals surface area contributed by atoms with Crippen molar-refractivity contribution in [1.82, 2.24) is 5.32 Å². The van der Waals surface area contributed by atoms with Crippen LogP contribution >= 0.6 is 0 Å². The number of aliphatic carboxylic acids is 1. The summed E-state index contributed by atoms with van der Waals surface area (Å²) >= 11 is 0. The van der Waals surface area contributed by atoms with Crippen LogP contribution in [0, 0.1) is 0 Å². The van der Waals surface area contributed by atoms with Gasteiger partial charge in [0.2, 0.25) is 12.9 Å². The molecule has 2 aromatic rings. The van der Waals surface area contributed by atoms with Crippen molar-refractivity contribution in [2.24, 2.45) is 0 Å². The summed E-state index contributed by atoms with van der Waals surface area (Å²) in [5.74, 6) is -1.09. The fourth-order valence-electron chi connectivity index (χ4n) is 2.96. The molecular formula is C21H21NO8. The highest BCUT2D eigenvalue weighted by Gasteiger charge is 2.33. The van der Waals surface area contributed by atoms with Crippen molar-refractivity contribution in [2.75, 3.05) is 6.79 Å². The molecule has 1 aliphatic heterocycles. The van der Waals surface area contributed by atoms with Crippen LogP contribution in [0.1, 0.15) is 18.1 Å². The number of carbonyl (C=O) groups is 3. The maximum atomic E-state index is 12.3. The zero-order valence-electron chi connectivity index (χ0n) is 16.2. The third-order valence-corrected chi connectivity index (χ3v) is 4.31. The molecule has 9 nitrogen and oxygen atoms in total. The molecular weight excluding hydrogens is 394 g/mol. The first-order chi connectivity index (χ1) is 14.4. The molecule has 0 saturated carbocycles. The molecule has 3 rings (SSSR count). The van der Waals surface area contributed by atoms with Gasteiger partial charge in [-0.15, -0.1) is 0 Å². The quantitative estimate of drug-likeness (QED) is 0.630. The van der Waals surface area contributed by atoms with Crippen molar-refractivity contribution < 1.29 is 38.4 Å². The highest BCUT2D eigenvalue weighted by molar-refractivity contribution is 5.79. The van der Waals surface area contributed by atoms with Gasteiger partial charge in [-0.25, -0.2) is 9.59 Å². The van der Waals surface area contributed by atoms with Crippen LogP contribution in [0.25, 0.3) is 0 Å². The molecule has 1 aliphatic rings. The van der Waals surface area contributed by atoms with E-state index in [0.717, 1.165) is 12.5 Å². The van der Waals surface area contributed by atoms with E-state index in [9.17, 15) is 19.5 Å². The molecule has 0 aliphatic carbocycles. The molecule has 0 radical (unpaired) electrons. The van der Waals surface area contributed by atoms with Crippen LogP contribution in [0.3, 0.4) is 0 Å². The minimum atomic E-state index is -1.60. The number of ether oxygens (including phenoxy) is 4. The van der Waals surface area contributed by atoms with E-state index in [0.29, 0.717) is 17.1 Å². The Labute approximate surface area is 172 Å². The van der Waals surface area contributed by atoms with Crippen molar-refractivity contribution in [3.05, 3.63) is 59.7 Å². The molecule has 2 unspecified atom stereocenters. The Morgan fingerprint density at radius 3 is 2.50 bits per heavy atom. The van der Waals surface area contributed by atoms with Crippen molar-refractivity contribution >= 4 is 18.0 Å². The second-order valence-corrected chi connectivity index (χ2v) is 6.57. The lowest BCUT2D eigenvalue weighted by atomic mass is 10.0. The second kappa shape index (κ2) is 9.64. The first-order valence-electron chi connectivity index (χ1n) is 9.18. The zero-order valence-corrected chi connectivity index (χ0v) is 16.2. The maximum Gasteiger partial charge on any atom is 0.407 e. The van der Waals surface area contributed by atoms with Gasteiger partial charge in [-0.3, -0.25) is 4.79 Å². The van der Waals surface area contributed by atoms with Gasteiger partial charge in [-0.1, -0.05) is 36.4 Å². The summed E-state index contributed by atoms with van der Waals surface area (Å²) in [7, 11) is 0. The SMILES string of the molecule is CC(=O)OC(C(=O)O)C(Cc1ccc2c(c1)OCO2)NC(=O)OCc1ccccc1. The zero-order chi connectivity index (χ0) is 21.5. The molecule has 0 fully saturated rings. The van der Waals surface area contributed by atoms with E-state index in [1.165, 1.54) is 0 Å². The van der Waals surface area contributed by atoms with E-state index >= 15 is 0 Å². The van der Waals surface area contributed by atoms with Crippen molar-refractivity contribution in [2.45, 2.75) is 32.1 Å². The number of hydrogen-bond acceptors (Lipinski definition) is 7. The Kier molecular flexibility index (Phi) is 6.74. The summed E-state index contributed by atoms with van der Waals surface area (Å²) in [6.07, 6.45) is -2.37. The predicted octanol–water partition coefficient (Wildman–Crippen LogP) is 2.27. The van der Waals surface area contributed by atoms with Gasteiger partial charge in [0.25, 0.3) is 0 Å². The van der Waals surface area contributed by atoms with Gasteiger partial charge in [-0.2, -0.15) is 0 Å². The summed E-state index contributed by atoms with van der Waals surface area (Å²) in [6, 6.07) is 13.0. The van der Waals surface area contributed by atoms with E-state index in [2.05, 4.69) is 5.32 Å². The summed E-state index contributed by atoms with van der Waals surface area (Å²) in [6.45, 7) is 1.20. The summed E-state index contributed by atoms with van der Waals surface area (Å²) in [5.41, 5.74) is 1.43. The summed E-state index contributed by atoms with van der Waals surface area (Å²) in [4.78, 5) is 35.4. The van der Waals surface area contributed by atoms with Gasteiger partial charge in [0.15, 0.2) is 11.5 Å². The fraction of sp³-hybridized carbons (Fsp3) is 0.286. The Bertz CT molecular complexity index is 914. The van der Waals surface area contributed by atoms with E-state index in [1.54, 1.807) is 42.5 Å². The largest absolute Gasteiger partial charge is 0.478 e. The summed E-state index contributed by atoms with van der Waals surface area (Å²) in [5, 5.41) is 12.0. The Hall–Kier alpha value is -3.75. The number of fused-ring (bicyclic) bond motifs is 1. The Morgan fingerprint density at radius 1 is 1.07 bits per heavy atom. The lowest BCUT2D eigenvalue weighted by Gasteiger charge is -2.24. The predicted molar refractivity (Wildman–Crippen MR) is 103 cm³/mol. The van der Waals surface area contributed by atoms with E-state index in [-0.39, 0.29) is 19.8 Å². The number of alkyl carbamates (subject to hydrolysis) is 1. The molecule has 158 valence electrons. The first kappa shape index (κ1) is 21.0. The van der Waals surface area contributed by atoms with Crippen LogP contribution < -0.4 is 14.8 Å². The van der Waals surface area contributed by atoms with Crippen LogP contribution in [0.2, 0.25) is 0 Å². The number of carbonyl (C=O) groups excluding carboxylic acids is 2. The molecule has 2 aromatic carbocycles. The lowest BCUT2D eigenvalue weighted by molar-refractivity contribution is -0.164. The average Bonchev–Trinajstić information content (AvgIpc) is 3.18. The monoisotopic (exact) mass is 415 g/mol. The van der Waals surface area contributed by atoms with Gasteiger partial charge in [0, 0.05) is 6.92 Å². The van der Waals surface area contributed by atoms with Crippen molar-refractivity contribution in [3.63, 3.8) is 0 Å². The van der Waals surface area contributed by atoms with E-state index in [4.69, 9.17) is 18.9 Å². The molecule has 0 saturated heterocycles. The van der Waals surface area contributed by atoms with Crippen molar-refractivity contribution in [3.8, 4) is 11.5 Å². The number of carboxylic acids is 1. The lowest BCUT2D eigenvalue weighted by Crippen LogP contribution is -2.50. The Balaban J connectivity index is 1.73. The molecule has 9 heteroatoms. The van der Waals surface area contributed by atoms with Crippen LogP contribution in [-0.2, 0) is 32.1 Å². The normalized spacial score (nSPS) is 13.8. The topological polar surface area (TPSA) is 120 Å². The number of esters is 1. The molecule has 0 bridgehead atoms. The highest BCUT2D eigenvalue weighted by Crippen LogP contribution is 2.33. The number of rotatable bonds is 8. The number of benzene rings is 2. The molecule has 0 aromatic heterocycles. The molecule has 2 atom stereocenters. The maximum absolute atomic E-state index is 12.3. The molecule has 2 N–H and O–H groups in total. The third kappa shape index (κ3) is 5.63. The van der Waals surface area contributed by atoms with Crippen LogP contribution in [0.5, 0.6) is 11.5 Å². The van der Waals surface area contributed by atoms with Gasteiger partial charge in [0.1, 0.15) is 6.61 Å². The Morgan fingerprint density at radius 2 is 1.80 bits per heavy atom. The number of nitrogens with one attached hydrogen (secondary N) is 1. The molecule has 1 heterocycles. The van der Waals surface area contributed by atoms with Gasteiger partial charge < -0.3 is 29.4 Å². The number of hydrogen-bond donors (Lipinski definition) is 2. The standard InChI is InChI=1S/C21H21NO8/c1-13(23)30-19(20(24)25)16(9-15-7-8-17-18(10-15)29-12-28-17)22-21(26)27-11-14-5-3-2-4-6-14/h2-8,10,16,19H,9,11-12H2,1H3,(H,22,26)(H,24,25). The van der Waals surface area contributed by atoms with Crippen LogP contribution in [0.15, 0.2) is 48.5 Å². The van der Waals surface area contributed by atoms with Gasteiger partial charge >= 0.3 is 18.0 Å². The third-order valence-electron chi connectivity index (χ3n) is 4.31. The number of amides is 1. The molecule has 0 spiro atoms. The first-order valence-corrected chi connectivity index (χ1v) is 9.18. The smallest absolute Gasteiger partial charge is 0.407 e. The van der Waals surface area contributed by atoms with Crippen LogP contribution in [0.4, 0.5) is 4.79 Å². The molecule has 1 amide bonds. The minimum Gasteiger partial charge on any atom is -0.478 e. The van der Waals surface area contributed by atoms with E-state index in [1.807, 2.05) is 6.07 Å². The minimum absolute atomic E-state index is 0.00865. The fourth-order valence-corrected chi connectivity index (χ4v) is 2.96. The summed E-state index contributed by atoms with van der Waals surface area (Å²) < 4.78 is 20.7. The average molecular weight is 415 g/mol. The van der Waals surface area contributed by atoms with Crippen LogP contribution in [-0.4, -0.2) is 42.1 Å². The van der Waals surface area contributed by atoms with Gasteiger partial charge in [0.05, 0.1) is 6.04 Å².